The molecule has 4 rings (SSSR count). The summed E-state index contributed by atoms with van der Waals surface area (Å²) in [5.41, 5.74) is 0.966. The van der Waals surface area contributed by atoms with E-state index in [1.807, 2.05) is 11.4 Å². The summed E-state index contributed by atoms with van der Waals surface area (Å²) < 4.78 is 6.42. The first-order chi connectivity index (χ1) is 11.2. The van der Waals surface area contributed by atoms with Gasteiger partial charge in [-0.05, 0) is 18.4 Å². The first-order valence-corrected chi connectivity index (χ1v) is 8.25. The molecule has 3 aromatic heterocycles. The van der Waals surface area contributed by atoms with Gasteiger partial charge in [0, 0.05) is 26.2 Å². The third-order valence-electron chi connectivity index (χ3n) is 3.90. The minimum atomic E-state index is -0.151. The lowest BCUT2D eigenvalue weighted by molar-refractivity contribution is 0.0705. The van der Waals surface area contributed by atoms with Crippen LogP contribution < -0.4 is 4.90 Å². The molecule has 0 atom stereocenters. The summed E-state index contributed by atoms with van der Waals surface area (Å²) in [7, 11) is 0. The van der Waals surface area contributed by atoms with Crippen LogP contribution in [-0.2, 0) is 0 Å². The number of rotatable bonds is 2. The summed E-state index contributed by atoms with van der Waals surface area (Å²) in [6, 6.07) is 2.00. The summed E-state index contributed by atoms with van der Waals surface area (Å²) >= 11 is 1.64. The van der Waals surface area contributed by atoms with Crippen molar-refractivity contribution >= 4 is 33.3 Å². The van der Waals surface area contributed by atoms with Crippen LogP contribution in [0.2, 0.25) is 0 Å². The molecule has 118 valence electrons. The van der Waals surface area contributed by atoms with E-state index in [1.54, 1.807) is 35.7 Å². The highest BCUT2D eigenvalue weighted by atomic mass is 32.1. The van der Waals surface area contributed by atoms with E-state index >= 15 is 0 Å². The molecule has 1 aliphatic rings. The van der Waals surface area contributed by atoms with E-state index in [9.17, 15) is 4.79 Å². The highest BCUT2D eigenvalue weighted by molar-refractivity contribution is 7.17. The van der Waals surface area contributed by atoms with Crippen LogP contribution in [0.4, 0.5) is 5.82 Å². The maximum atomic E-state index is 12.4. The van der Waals surface area contributed by atoms with E-state index in [0.29, 0.717) is 18.8 Å². The van der Waals surface area contributed by atoms with Gasteiger partial charge in [-0.15, -0.1) is 11.3 Å². The molecule has 0 radical (unpaired) electrons. The van der Waals surface area contributed by atoms with E-state index in [1.165, 1.54) is 0 Å². The predicted octanol–water partition coefficient (Wildman–Crippen LogP) is 1.95. The Kier molecular flexibility index (Phi) is 3.45. The van der Waals surface area contributed by atoms with Crippen molar-refractivity contribution < 1.29 is 9.21 Å². The molecule has 8 heteroatoms. The summed E-state index contributed by atoms with van der Waals surface area (Å²) in [6.07, 6.45) is 3.16. The highest BCUT2D eigenvalue weighted by Crippen LogP contribution is 2.28. The van der Waals surface area contributed by atoms with Crippen molar-refractivity contribution in [3.05, 3.63) is 35.6 Å². The standard InChI is InChI=1S/C15H15N5O2S/c1-10-8-16-14(22-10)15(21)20-5-3-19(4-6-20)13-12-11(2-7-23-12)17-9-18-13/h2,7-9H,3-6H2,1H3. The largest absolute Gasteiger partial charge is 0.438 e. The fraction of sp³-hybridized carbons (Fsp3) is 0.333. The number of anilines is 1. The third kappa shape index (κ3) is 2.55. The lowest BCUT2D eigenvalue weighted by atomic mass is 10.3. The van der Waals surface area contributed by atoms with Gasteiger partial charge in [0.05, 0.1) is 16.4 Å². The number of hydrogen-bond donors (Lipinski definition) is 0. The van der Waals surface area contributed by atoms with Crippen molar-refractivity contribution in [2.75, 3.05) is 31.1 Å². The zero-order valence-electron chi connectivity index (χ0n) is 12.6. The Bertz CT molecular complexity index is 850. The molecule has 0 saturated carbocycles. The first kappa shape index (κ1) is 14.1. The Labute approximate surface area is 136 Å². The fourth-order valence-corrected chi connectivity index (χ4v) is 3.57. The normalized spacial score (nSPS) is 15.3. The molecule has 1 amide bonds. The van der Waals surface area contributed by atoms with Gasteiger partial charge in [0.2, 0.25) is 0 Å². The van der Waals surface area contributed by atoms with E-state index in [4.69, 9.17) is 4.42 Å². The average molecular weight is 329 g/mol. The fourth-order valence-electron chi connectivity index (χ4n) is 2.71. The van der Waals surface area contributed by atoms with E-state index < -0.39 is 0 Å². The number of amides is 1. The molecular weight excluding hydrogens is 314 g/mol. The average Bonchev–Trinajstić information content (AvgIpc) is 3.22. The number of piperazine rings is 1. The Morgan fingerprint density at radius 3 is 2.78 bits per heavy atom. The molecule has 1 aliphatic heterocycles. The van der Waals surface area contributed by atoms with Crippen molar-refractivity contribution in [3.63, 3.8) is 0 Å². The molecule has 0 unspecified atom stereocenters. The molecule has 0 N–H and O–H groups in total. The molecule has 1 saturated heterocycles. The van der Waals surface area contributed by atoms with E-state index in [0.717, 1.165) is 29.1 Å². The Hall–Kier alpha value is -2.48. The van der Waals surface area contributed by atoms with Crippen molar-refractivity contribution in [1.82, 2.24) is 19.9 Å². The minimum Gasteiger partial charge on any atom is -0.438 e. The SMILES string of the molecule is Cc1cnc(C(=O)N2CCN(c3ncnc4ccsc34)CC2)o1. The van der Waals surface area contributed by atoms with Crippen LogP contribution in [-0.4, -0.2) is 51.9 Å². The van der Waals surface area contributed by atoms with Gasteiger partial charge in [0.15, 0.2) is 0 Å². The van der Waals surface area contributed by atoms with Crippen molar-refractivity contribution in [2.24, 2.45) is 0 Å². The number of oxazole rings is 1. The van der Waals surface area contributed by atoms with Gasteiger partial charge >= 0.3 is 5.91 Å². The van der Waals surface area contributed by atoms with Crippen LogP contribution in [0.15, 0.2) is 28.4 Å². The van der Waals surface area contributed by atoms with Gasteiger partial charge in [-0.2, -0.15) is 0 Å². The Morgan fingerprint density at radius 1 is 1.22 bits per heavy atom. The van der Waals surface area contributed by atoms with E-state index in [-0.39, 0.29) is 11.8 Å². The second kappa shape index (κ2) is 5.62. The Morgan fingerprint density at radius 2 is 2.04 bits per heavy atom. The number of thiophene rings is 1. The van der Waals surface area contributed by atoms with Crippen molar-refractivity contribution in [2.45, 2.75) is 6.92 Å². The molecule has 7 nitrogen and oxygen atoms in total. The summed E-state index contributed by atoms with van der Waals surface area (Å²) in [6.45, 7) is 4.49. The summed E-state index contributed by atoms with van der Waals surface area (Å²) in [5, 5.41) is 2.02. The van der Waals surface area contributed by atoms with Crippen LogP contribution in [0.3, 0.4) is 0 Å². The monoisotopic (exact) mass is 329 g/mol. The topological polar surface area (TPSA) is 75.4 Å². The van der Waals surface area contributed by atoms with Crippen LogP contribution in [0.5, 0.6) is 0 Å². The maximum Gasteiger partial charge on any atom is 0.309 e. The molecule has 3 aromatic rings. The first-order valence-electron chi connectivity index (χ1n) is 7.37. The van der Waals surface area contributed by atoms with Gasteiger partial charge in [0.25, 0.3) is 5.89 Å². The van der Waals surface area contributed by atoms with Crippen molar-refractivity contribution in [3.8, 4) is 0 Å². The quantitative estimate of drug-likeness (QED) is 0.715. The summed E-state index contributed by atoms with van der Waals surface area (Å²) in [4.78, 5) is 29.0. The molecule has 0 aromatic carbocycles. The van der Waals surface area contributed by atoms with Crippen LogP contribution in [0.1, 0.15) is 16.4 Å². The number of carbonyl (C=O) groups excluding carboxylic acids is 1. The van der Waals surface area contributed by atoms with Crippen LogP contribution in [0, 0.1) is 6.92 Å². The second-order valence-electron chi connectivity index (χ2n) is 5.39. The number of aromatic nitrogens is 3. The highest BCUT2D eigenvalue weighted by Gasteiger charge is 2.26. The van der Waals surface area contributed by atoms with Gasteiger partial charge in [-0.25, -0.2) is 15.0 Å². The number of fused-ring (bicyclic) bond motifs is 1. The van der Waals surface area contributed by atoms with Gasteiger partial charge in [0.1, 0.15) is 17.9 Å². The maximum absolute atomic E-state index is 12.4. The lowest BCUT2D eigenvalue weighted by Gasteiger charge is -2.34. The molecule has 1 fully saturated rings. The second-order valence-corrected chi connectivity index (χ2v) is 6.30. The van der Waals surface area contributed by atoms with Crippen molar-refractivity contribution in [1.29, 1.82) is 0 Å². The molecule has 4 heterocycles. The Balaban J connectivity index is 1.49. The van der Waals surface area contributed by atoms with Crippen LogP contribution >= 0.6 is 11.3 Å². The number of hydrogen-bond acceptors (Lipinski definition) is 7. The molecule has 0 aliphatic carbocycles. The van der Waals surface area contributed by atoms with E-state index in [2.05, 4.69) is 19.9 Å². The summed E-state index contributed by atoms with van der Waals surface area (Å²) in [5.74, 6) is 1.61. The molecule has 0 spiro atoms. The smallest absolute Gasteiger partial charge is 0.309 e. The lowest BCUT2D eigenvalue weighted by Crippen LogP contribution is -2.49. The number of nitrogens with zero attached hydrogens (tertiary/aromatic N) is 5. The predicted molar refractivity (Wildman–Crippen MR) is 86.8 cm³/mol. The minimum absolute atomic E-state index is 0.151. The van der Waals surface area contributed by atoms with Gasteiger partial charge in [-0.1, -0.05) is 0 Å². The van der Waals surface area contributed by atoms with Crippen LogP contribution in [0.25, 0.3) is 10.2 Å². The molecule has 23 heavy (non-hydrogen) atoms. The number of carbonyl (C=O) groups is 1. The van der Waals surface area contributed by atoms with Gasteiger partial charge < -0.3 is 14.2 Å². The third-order valence-corrected chi connectivity index (χ3v) is 4.79. The van der Waals surface area contributed by atoms with Gasteiger partial charge in [-0.3, -0.25) is 4.79 Å². The zero-order chi connectivity index (χ0) is 15.8. The zero-order valence-corrected chi connectivity index (χ0v) is 13.4. The molecular formula is C15H15N5O2S. The number of aryl methyl sites for hydroxylation is 1. The molecule has 0 bridgehead atoms.